The van der Waals surface area contributed by atoms with Crippen molar-refractivity contribution in [2.45, 2.75) is 27.2 Å². The van der Waals surface area contributed by atoms with Gasteiger partial charge in [-0.25, -0.2) is 0 Å². The molecule has 0 aliphatic rings. The summed E-state index contributed by atoms with van der Waals surface area (Å²) in [6.45, 7) is 17.5. The Balaban J connectivity index is 0. The second-order valence-corrected chi connectivity index (χ2v) is 3.19. The Labute approximate surface area is 101 Å². The molecular formula is C15H24O. The Morgan fingerprint density at radius 1 is 1.06 bits per heavy atom. The monoisotopic (exact) mass is 220 g/mol. The maximum absolute atomic E-state index is 5.39. The summed E-state index contributed by atoms with van der Waals surface area (Å²) in [6.07, 6.45) is 10.1. The Bertz CT molecular complexity index is 257. The lowest BCUT2D eigenvalue weighted by Crippen LogP contribution is -1.93. The molecule has 0 spiro atoms. The molecule has 0 rings (SSSR count). The van der Waals surface area contributed by atoms with E-state index in [1.807, 2.05) is 19.1 Å². The fourth-order valence-corrected chi connectivity index (χ4v) is 0.738. The summed E-state index contributed by atoms with van der Waals surface area (Å²) < 4.78 is 5.39. The molecule has 0 atom stereocenters. The van der Waals surface area contributed by atoms with E-state index in [-0.39, 0.29) is 0 Å². The standard InChI is InChI=1S/C12H16O.C3H8/c1-5-8-11(4)13-10-12(7-3)9-6-2;1-3-2/h5-9H,1-3,10H2,4H3;3H2,1-2H3/b11-8+,12-9+;. The van der Waals surface area contributed by atoms with Gasteiger partial charge in [0.05, 0.1) is 5.76 Å². The van der Waals surface area contributed by atoms with Crippen LogP contribution in [0.3, 0.4) is 0 Å². The zero-order valence-electron chi connectivity index (χ0n) is 10.8. The highest BCUT2D eigenvalue weighted by atomic mass is 16.5. The molecule has 0 N–H and O–H groups in total. The highest BCUT2D eigenvalue weighted by molar-refractivity contribution is 5.21. The van der Waals surface area contributed by atoms with Crippen LogP contribution in [0.4, 0.5) is 0 Å². The van der Waals surface area contributed by atoms with Gasteiger partial charge in [-0.2, -0.15) is 0 Å². The van der Waals surface area contributed by atoms with Crippen LogP contribution in [0.15, 0.2) is 61.4 Å². The molecule has 0 aliphatic heterocycles. The van der Waals surface area contributed by atoms with Crippen molar-refractivity contribution >= 4 is 0 Å². The minimum absolute atomic E-state index is 0.520. The molecule has 0 fully saturated rings. The Hall–Kier alpha value is -1.50. The lowest BCUT2D eigenvalue weighted by molar-refractivity contribution is 0.244. The Morgan fingerprint density at radius 2 is 1.56 bits per heavy atom. The molecule has 90 valence electrons. The van der Waals surface area contributed by atoms with E-state index in [0.29, 0.717) is 6.61 Å². The van der Waals surface area contributed by atoms with Gasteiger partial charge < -0.3 is 4.74 Å². The van der Waals surface area contributed by atoms with Crippen LogP contribution >= 0.6 is 0 Å². The van der Waals surface area contributed by atoms with Crippen LogP contribution in [0.5, 0.6) is 0 Å². The minimum atomic E-state index is 0.520. The van der Waals surface area contributed by atoms with Gasteiger partial charge in [-0.1, -0.05) is 64.3 Å². The lowest BCUT2D eigenvalue weighted by atomic mass is 10.2. The number of ether oxygens (including phenoxy) is 1. The molecule has 0 amide bonds. The number of hydrogen-bond acceptors (Lipinski definition) is 1. The second-order valence-electron chi connectivity index (χ2n) is 3.19. The summed E-state index contributed by atoms with van der Waals surface area (Å²) >= 11 is 0. The fourth-order valence-electron chi connectivity index (χ4n) is 0.738. The third-order valence-corrected chi connectivity index (χ3v) is 1.41. The highest BCUT2D eigenvalue weighted by Gasteiger charge is 1.91. The summed E-state index contributed by atoms with van der Waals surface area (Å²) in [5, 5.41) is 0. The first-order valence-corrected chi connectivity index (χ1v) is 5.52. The zero-order valence-corrected chi connectivity index (χ0v) is 10.8. The zero-order chi connectivity index (χ0) is 12.8. The van der Waals surface area contributed by atoms with E-state index in [9.17, 15) is 0 Å². The molecule has 0 radical (unpaired) electrons. The van der Waals surface area contributed by atoms with E-state index in [1.54, 1.807) is 18.2 Å². The second kappa shape index (κ2) is 13.5. The van der Waals surface area contributed by atoms with Crippen LogP contribution < -0.4 is 0 Å². The van der Waals surface area contributed by atoms with Gasteiger partial charge >= 0.3 is 0 Å². The van der Waals surface area contributed by atoms with E-state index in [0.717, 1.165) is 11.3 Å². The van der Waals surface area contributed by atoms with Crippen LogP contribution in [-0.4, -0.2) is 6.61 Å². The van der Waals surface area contributed by atoms with Crippen molar-refractivity contribution in [1.29, 1.82) is 0 Å². The van der Waals surface area contributed by atoms with E-state index in [1.165, 1.54) is 6.42 Å². The summed E-state index contributed by atoms with van der Waals surface area (Å²) in [6, 6.07) is 0. The smallest absolute Gasteiger partial charge is 0.113 e. The Morgan fingerprint density at radius 3 is 1.94 bits per heavy atom. The van der Waals surface area contributed by atoms with E-state index in [2.05, 4.69) is 33.6 Å². The molecule has 0 aromatic heterocycles. The van der Waals surface area contributed by atoms with Gasteiger partial charge in [-0.3, -0.25) is 0 Å². The van der Waals surface area contributed by atoms with E-state index in [4.69, 9.17) is 4.74 Å². The minimum Gasteiger partial charge on any atom is -0.494 e. The lowest BCUT2D eigenvalue weighted by Gasteiger charge is -2.05. The SMILES string of the molecule is C=C/C=C(\C=C)CO/C(C)=C/C=C.CCC. The van der Waals surface area contributed by atoms with Crippen LogP contribution in [-0.2, 0) is 4.74 Å². The van der Waals surface area contributed by atoms with Gasteiger partial charge in [-0.15, -0.1) is 0 Å². The fraction of sp³-hybridized carbons (Fsp3) is 0.333. The molecule has 0 saturated carbocycles. The summed E-state index contributed by atoms with van der Waals surface area (Å²) in [5.41, 5.74) is 1.01. The molecule has 0 bridgehead atoms. The first-order chi connectivity index (χ1) is 7.65. The van der Waals surface area contributed by atoms with Crippen molar-refractivity contribution in [1.82, 2.24) is 0 Å². The Kier molecular flexibility index (Phi) is 14.3. The number of hydrogen-bond donors (Lipinski definition) is 0. The molecule has 1 nitrogen and oxygen atoms in total. The molecule has 0 aromatic carbocycles. The van der Waals surface area contributed by atoms with Gasteiger partial charge in [0, 0.05) is 0 Å². The maximum Gasteiger partial charge on any atom is 0.113 e. The third kappa shape index (κ3) is 12.5. The first kappa shape index (κ1) is 16.9. The van der Waals surface area contributed by atoms with Gasteiger partial charge in [0.15, 0.2) is 0 Å². The molecular weight excluding hydrogens is 196 g/mol. The molecule has 0 aliphatic carbocycles. The molecule has 16 heavy (non-hydrogen) atoms. The molecule has 0 aromatic rings. The van der Waals surface area contributed by atoms with Crippen molar-refractivity contribution in [2.24, 2.45) is 0 Å². The molecule has 0 unspecified atom stereocenters. The predicted molar refractivity (Wildman–Crippen MR) is 74.3 cm³/mol. The average molecular weight is 220 g/mol. The maximum atomic E-state index is 5.39. The summed E-state index contributed by atoms with van der Waals surface area (Å²) in [7, 11) is 0. The normalized spacial score (nSPS) is 10.9. The van der Waals surface area contributed by atoms with Gasteiger partial charge in [0.2, 0.25) is 0 Å². The number of rotatable bonds is 6. The van der Waals surface area contributed by atoms with Crippen molar-refractivity contribution in [3.05, 3.63) is 61.4 Å². The topological polar surface area (TPSA) is 9.23 Å². The van der Waals surface area contributed by atoms with Gasteiger partial charge in [-0.05, 0) is 18.6 Å². The quantitative estimate of drug-likeness (QED) is 0.461. The van der Waals surface area contributed by atoms with Crippen LogP contribution in [0.1, 0.15) is 27.2 Å². The molecule has 0 saturated heterocycles. The van der Waals surface area contributed by atoms with Crippen molar-refractivity contribution < 1.29 is 4.74 Å². The van der Waals surface area contributed by atoms with Crippen LogP contribution in [0, 0.1) is 0 Å². The van der Waals surface area contributed by atoms with Crippen LogP contribution in [0.25, 0.3) is 0 Å². The average Bonchev–Trinajstić information content (AvgIpc) is 2.25. The summed E-state index contributed by atoms with van der Waals surface area (Å²) in [4.78, 5) is 0. The van der Waals surface area contributed by atoms with Gasteiger partial charge in [0.25, 0.3) is 0 Å². The molecule has 0 heterocycles. The predicted octanol–water partition coefficient (Wildman–Crippen LogP) is 4.81. The van der Waals surface area contributed by atoms with Crippen LogP contribution in [0.2, 0.25) is 0 Å². The van der Waals surface area contributed by atoms with E-state index < -0.39 is 0 Å². The highest BCUT2D eigenvalue weighted by Crippen LogP contribution is 2.02. The first-order valence-electron chi connectivity index (χ1n) is 5.52. The molecule has 1 heteroatoms. The third-order valence-electron chi connectivity index (χ3n) is 1.41. The van der Waals surface area contributed by atoms with Crippen molar-refractivity contribution in [2.75, 3.05) is 6.61 Å². The number of allylic oxidation sites excluding steroid dienone is 5. The van der Waals surface area contributed by atoms with Crippen molar-refractivity contribution in [3.8, 4) is 0 Å². The van der Waals surface area contributed by atoms with Gasteiger partial charge in [0.1, 0.15) is 6.61 Å². The largest absolute Gasteiger partial charge is 0.494 e. The van der Waals surface area contributed by atoms with Crippen molar-refractivity contribution in [3.63, 3.8) is 0 Å². The van der Waals surface area contributed by atoms with E-state index >= 15 is 0 Å². The summed E-state index contributed by atoms with van der Waals surface area (Å²) in [5.74, 6) is 0.840.